The van der Waals surface area contributed by atoms with Crippen molar-refractivity contribution < 1.29 is 9.90 Å². The minimum atomic E-state index is -0.969. The van der Waals surface area contributed by atoms with Crippen molar-refractivity contribution in [2.75, 3.05) is 0 Å². The summed E-state index contributed by atoms with van der Waals surface area (Å²) in [6.45, 7) is 1.73. The first-order valence-electron chi connectivity index (χ1n) is 3.95. The molecule has 4 heteroatoms. The van der Waals surface area contributed by atoms with Crippen molar-refractivity contribution in [2.45, 2.75) is 13.3 Å². The van der Waals surface area contributed by atoms with Crippen LogP contribution in [0.4, 0.5) is 0 Å². The first-order valence-corrected chi connectivity index (χ1v) is 4.33. The lowest BCUT2D eigenvalue weighted by Gasteiger charge is -2.04. The van der Waals surface area contributed by atoms with Gasteiger partial charge in [0, 0.05) is 5.02 Å². The average Bonchev–Trinajstić information content (AvgIpc) is 2.01. The van der Waals surface area contributed by atoms with Crippen molar-refractivity contribution in [3.05, 3.63) is 33.8 Å². The second-order valence-electron chi connectivity index (χ2n) is 2.94. The number of benzene rings is 1. The van der Waals surface area contributed by atoms with E-state index in [1.54, 1.807) is 13.0 Å². The van der Waals surface area contributed by atoms with Crippen LogP contribution < -0.4 is 0 Å². The number of nitrogens with zero attached hydrogens (tertiary/aromatic N) is 1. The zero-order valence-corrected chi connectivity index (χ0v) is 8.30. The van der Waals surface area contributed by atoms with Gasteiger partial charge in [0.2, 0.25) is 0 Å². The second-order valence-corrected chi connectivity index (χ2v) is 3.38. The molecule has 0 heterocycles. The lowest BCUT2D eigenvalue weighted by atomic mass is 10.0. The summed E-state index contributed by atoms with van der Waals surface area (Å²) in [6.07, 6.45) is -0.176. The van der Waals surface area contributed by atoms with E-state index in [1.807, 2.05) is 6.07 Å². The molecule has 0 unspecified atom stereocenters. The van der Waals surface area contributed by atoms with Crippen molar-refractivity contribution in [3.63, 3.8) is 0 Å². The van der Waals surface area contributed by atoms with E-state index in [2.05, 4.69) is 0 Å². The molecule has 0 aliphatic heterocycles. The highest BCUT2D eigenvalue weighted by atomic mass is 35.5. The zero-order chi connectivity index (χ0) is 10.7. The Balaban J connectivity index is 3.26. The monoisotopic (exact) mass is 209 g/mol. The molecule has 0 saturated carbocycles. The fraction of sp³-hybridized carbons (Fsp3) is 0.200. The number of nitriles is 1. The first-order chi connectivity index (χ1) is 6.54. The highest BCUT2D eigenvalue weighted by Crippen LogP contribution is 2.20. The van der Waals surface area contributed by atoms with Crippen LogP contribution in [0, 0.1) is 18.3 Å². The number of carboxylic acid groups (broad SMARTS) is 1. The summed E-state index contributed by atoms with van der Waals surface area (Å²) in [5, 5.41) is 17.9. The van der Waals surface area contributed by atoms with Gasteiger partial charge in [-0.25, -0.2) is 0 Å². The van der Waals surface area contributed by atoms with Crippen LogP contribution >= 0.6 is 11.6 Å². The van der Waals surface area contributed by atoms with Gasteiger partial charge in [0.05, 0.1) is 18.1 Å². The molecule has 1 aromatic carbocycles. The van der Waals surface area contributed by atoms with Crippen molar-refractivity contribution in [1.29, 1.82) is 5.26 Å². The Labute approximate surface area is 86.5 Å². The molecule has 0 aromatic heterocycles. The lowest BCUT2D eigenvalue weighted by Crippen LogP contribution is -2.03. The second kappa shape index (κ2) is 4.12. The molecule has 72 valence electrons. The van der Waals surface area contributed by atoms with Gasteiger partial charge in [0.1, 0.15) is 0 Å². The molecule has 14 heavy (non-hydrogen) atoms. The quantitative estimate of drug-likeness (QED) is 0.812. The maximum atomic E-state index is 10.5. The Bertz CT molecular complexity index is 421. The van der Waals surface area contributed by atoms with Gasteiger partial charge in [-0.1, -0.05) is 11.6 Å². The van der Waals surface area contributed by atoms with Crippen molar-refractivity contribution in [1.82, 2.24) is 0 Å². The molecule has 1 aromatic rings. The first kappa shape index (κ1) is 10.6. The summed E-state index contributed by atoms with van der Waals surface area (Å²) in [5.41, 5.74) is 1.57. The zero-order valence-electron chi connectivity index (χ0n) is 7.54. The molecule has 0 spiro atoms. The topological polar surface area (TPSA) is 61.1 Å². The molecule has 1 N–H and O–H groups in total. The van der Waals surface area contributed by atoms with E-state index < -0.39 is 5.97 Å². The van der Waals surface area contributed by atoms with Crippen molar-refractivity contribution >= 4 is 17.6 Å². The summed E-state index contributed by atoms with van der Waals surface area (Å²) in [6, 6.07) is 5.13. The molecule has 0 atom stereocenters. The fourth-order valence-electron chi connectivity index (χ4n) is 1.27. The third-order valence-corrected chi connectivity index (χ3v) is 2.05. The molecule has 0 fully saturated rings. The van der Waals surface area contributed by atoms with Crippen molar-refractivity contribution in [3.8, 4) is 6.07 Å². The number of rotatable bonds is 2. The third kappa shape index (κ3) is 2.24. The van der Waals surface area contributed by atoms with E-state index in [-0.39, 0.29) is 6.42 Å². The van der Waals surface area contributed by atoms with E-state index in [0.717, 1.165) is 0 Å². The minimum Gasteiger partial charge on any atom is -0.481 e. The van der Waals surface area contributed by atoms with Gasteiger partial charge in [0.25, 0.3) is 0 Å². The summed E-state index contributed by atoms with van der Waals surface area (Å²) in [5.74, 6) is -0.969. The van der Waals surface area contributed by atoms with E-state index in [4.69, 9.17) is 22.0 Å². The van der Waals surface area contributed by atoms with Crippen LogP contribution in [-0.2, 0) is 11.2 Å². The predicted octanol–water partition coefficient (Wildman–Crippen LogP) is 2.15. The highest BCUT2D eigenvalue weighted by molar-refractivity contribution is 6.30. The summed E-state index contributed by atoms with van der Waals surface area (Å²) >= 11 is 5.76. The molecule has 0 saturated heterocycles. The van der Waals surface area contributed by atoms with Crippen LogP contribution in [0.3, 0.4) is 0 Å². The fourth-order valence-corrected chi connectivity index (χ4v) is 1.57. The maximum Gasteiger partial charge on any atom is 0.307 e. The van der Waals surface area contributed by atoms with Gasteiger partial charge in [0.15, 0.2) is 0 Å². The Morgan fingerprint density at radius 2 is 2.29 bits per heavy atom. The number of aryl methyl sites for hydroxylation is 1. The standard InChI is InChI=1S/C10H8ClNO2/c1-6-2-8(11)3-7(4-10(13)14)9(6)5-12/h2-3H,4H2,1H3,(H,13,14). The predicted molar refractivity (Wildman–Crippen MR) is 52.2 cm³/mol. The van der Waals surface area contributed by atoms with Gasteiger partial charge in [-0.2, -0.15) is 5.26 Å². The average molecular weight is 210 g/mol. The maximum absolute atomic E-state index is 10.5. The van der Waals surface area contributed by atoms with Gasteiger partial charge >= 0.3 is 5.97 Å². The third-order valence-electron chi connectivity index (χ3n) is 1.84. The SMILES string of the molecule is Cc1cc(Cl)cc(CC(=O)O)c1C#N. The van der Waals surface area contributed by atoms with E-state index in [0.29, 0.717) is 21.7 Å². The lowest BCUT2D eigenvalue weighted by molar-refractivity contribution is -0.136. The number of carbonyl (C=O) groups is 1. The van der Waals surface area contributed by atoms with Gasteiger partial charge < -0.3 is 5.11 Å². The number of aliphatic carboxylic acids is 1. The highest BCUT2D eigenvalue weighted by Gasteiger charge is 2.10. The largest absolute Gasteiger partial charge is 0.481 e. The Morgan fingerprint density at radius 1 is 1.64 bits per heavy atom. The minimum absolute atomic E-state index is 0.176. The number of carboxylic acids is 1. The van der Waals surface area contributed by atoms with Crippen molar-refractivity contribution in [2.24, 2.45) is 0 Å². The van der Waals surface area contributed by atoms with Crippen LogP contribution in [-0.4, -0.2) is 11.1 Å². The van der Waals surface area contributed by atoms with Gasteiger partial charge in [-0.05, 0) is 30.2 Å². The van der Waals surface area contributed by atoms with Crippen LogP contribution in [0.15, 0.2) is 12.1 Å². The summed E-state index contributed by atoms with van der Waals surface area (Å²) in [7, 11) is 0. The molecular weight excluding hydrogens is 202 g/mol. The van der Waals surface area contributed by atoms with E-state index in [9.17, 15) is 4.79 Å². The Hall–Kier alpha value is -1.53. The molecule has 1 rings (SSSR count). The molecule has 0 aliphatic carbocycles. The molecular formula is C10H8ClNO2. The molecule has 0 aliphatic rings. The number of hydrogen-bond acceptors (Lipinski definition) is 2. The van der Waals surface area contributed by atoms with Gasteiger partial charge in [-0.15, -0.1) is 0 Å². The molecule has 3 nitrogen and oxygen atoms in total. The van der Waals surface area contributed by atoms with E-state index >= 15 is 0 Å². The molecule has 0 radical (unpaired) electrons. The van der Waals surface area contributed by atoms with Gasteiger partial charge in [-0.3, -0.25) is 4.79 Å². The molecule has 0 amide bonds. The number of hydrogen-bond donors (Lipinski definition) is 1. The summed E-state index contributed by atoms with van der Waals surface area (Å²) < 4.78 is 0. The van der Waals surface area contributed by atoms with Crippen LogP contribution in [0.5, 0.6) is 0 Å². The van der Waals surface area contributed by atoms with Crippen LogP contribution in [0.1, 0.15) is 16.7 Å². The van der Waals surface area contributed by atoms with E-state index in [1.165, 1.54) is 6.07 Å². The normalized spacial score (nSPS) is 9.50. The Kier molecular flexibility index (Phi) is 3.10. The smallest absolute Gasteiger partial charge is 0.307 e. The molecule has 0 bridgehead atoms. The van der Waals surface area contributed by atoms with Crippen LogP contribution in [0.25, 0.3) is 0 Å². The Morgan fingerprint density at radius 3 is 2.79 bits per heavy atom. The van der Waals surface area contributed by atoms with Crippen LogP contribution in [0.2, 0.25) is 5.02 Å². The summed E-state index contributed by atoms with van der Waals surface area (Å²) in [4.78, 5) is 10.5. The number of halogens is 1.